The molecular formula is C20H21N5O4S. The summed E-state index contributed by atoms with van der Waals surface area (Å²) in [5.74, 6) is 0.934. The molecule has 3 aromatic rings. The third-order valence-corrected chi connectivity index (χ3v) is 6.16. The van der Waals surface area contributed by atoms with E-state index in [0.29, 0.717) is 18.8 Å². The van der Waals surface area contributed by atoms with Gasteiger partial charge in [-0.25, -0.2) is 18.5 Å². The number of aromatic amines is 1. The minimum absolute atomic E-state index is 0.0911. The summed E-state index contributed by atoms with van der Waals surface area (Å²) in [6.45, 7) is 1.22. The van der Waals surface area contributed by atoms with Gasteiger partial charge >= 0.3 is 0 Å². The van der Waals surface area contributed by atoms with Crippen LogP contribution in [-0.2, 0) is 10.0 Å². The first-order valence-corrected chi connectivity index (χ1v) is 11.0. The molecule has 1 aromatic heterocycles. The van der Waals surface area contributed by atoms with Crippen LogP contribution in [0.1, 0.15) is 24.6 Å². The number of piperidine rings is 1. The van der Waals surface area contributed by atoms with Crippen molar-refractivity contribution in [1.82, 2.24) is 9.97 Å². The van der Waals surface area contributed by atoms with Crippen LogP contribution in [0.25, 0.3) is 11.3 Å². The van der Waals surface area contributed by atoms with Gasteiger partial charge in [-0.2, -0.15) is 0 Å². The molecule has 3 N–H and O–H groups in total. The maximum absolute atomic E-state index is 11.8. The van der Waals surface area contributed by atoms with Gasteiger partial charge in [0.15, 0.2) is 0 Å². The van der Waals surface area contributed by atoms with Crippen LogP contribution in [0, 0.1) is 10.1 Å². The number of anilines is 1. The molecule has 4 rings (SSSR count). The van der Waals surface area contributed by atoms with Crippen molar-refractivity contribution in [3.8, 4) is 11.3 Å². The Labute approximate surface area is 173 Å². The SMILES string of the molecule is NS(=O)(=O)c1cc(N2CCCC(c3ncc(-c4ccccc4)[nH]3)C2)cc([N+](=O)[O-])c1. The van der Waals surface area contributed by atoms with E-state index < -0.39 is 14.9 Å². The molecule has 2 aromatic carbocycles. The van der Waals surface area contributed by atoms with Crippen LogP contribution < -0.4 is 10.0 Å². The molecule has 2 heterocycles. The summed E-state index contributed by atoms with van der Waals surface area (Å²) in [6.07, 6.45) is 3.56. The van der Waals surface area contributed by atoms with Gasteiger partial charge in [-0.05, 0) is 24.5 Å². The van der Waals surface area contributed by atoms with E-state index in [-0.39, 0.29) is 16.5 Å². The molecule has 156 valence electrons. The van der Waals surface area contributed by atoms with Gasteiger partial charge in [0.2, 0.25) is 10.0 Å². The Hall–Kier alpha value is -3.24. The number of nitro benzene ring substituents is 1. The fraction of sp³-hybridized carbons (Fsp3) is 0.250. The van der Waals surface area contributed by atoms with E-state index >= 15 is 0 Å². The van der Waals surface area contributed by atoms with E-state index in [0.717, 1.165) is 36.0 Å². The quantitative estimate of drug-likeness (QED) is 0.475. The normalized spacial score (nSPS) is 17.1. The van der Waals surface area contributed by atoms with Gasteiger partial charge in [0, 0.05) is 36.8 Å². The van der Waals surface area contributed by atoms with Gasteiger partial charge in [-0.1, -0.05) is 30.3 Å². The maximum Gasteiger partial charge on any atom is 0.272 e. The second-order valence-electron chi connectivity index (χ2n) is 7.32. The lowest BCUT2D eigenvalue weighted by molar-refractivity contribution is -0.385. The summed E-state index contributed by atoms with van der Waals surface area (Å²) in [6, 6.07) is 13.6. The molecule has 1 aliphatic rings. The number of nitrogens with two attached hydrogens (primary N) is 1. The number of nitrogens with zero attached hydrogens (tertiary/aromatic N) is 3. The highest BCUT2D eigenvalue weighted by Gasteiger charge is 2.26. The number of hydrogen-bond donors (Lipinski definition) is 2. The van der Waals surface area contributed by atoms with Gasteiger partial charge in [0.05, 0.1) is 21.7 Å². The predicted octanol–water partition coefficient (Wildman–Crippen LogP) is 3.02. The fourth-order valence-corrected chi connectivity index (χ4v) is 4.33. The molecule has 1 aliphatic heterocycles. The van der Waals surface area contributed by atoms with Crippen molar-refractivity contribution in [2.75, 3.05) is 18.0 Å². The summed E-state index contributed by atoms with van der Waals surface area (Å²) < 4.78 is 23.6. The molecule has 0 saturated carbocycles. The molecule has 30 heavy (non-hydrogen) atoms. The third-order valence-electron chi connectivity index (χ3n) is 5.27. The Bertz CT molecular complexity index is 1180. The number of nitro groups is 1. The molecule has 10 heteroatoms. The van der Waals surface area contributed by atoms with Gasteiger partial charge in [-0.3, -0.25) is 10.1 Å². The van der Waals surface area contributed by atoms with E-state index in [1.54, 1.807) is 6.20 Å². The van der Waals surface area contributed by atoms with Gasteiger partial charge in [-0.15, -0.1) is 0 Å². The van der Waals surface area contributed by atoms with E-state index in [4.69, 9.17) is 5.14 Å². The molecule has 1 atom stereocenters. The zero-order valence-electron chi connectivity index (χ0n) is 16.1. The third kappa shape index (κ3) is 4.19. The molecular weight excluding hydrogens is 406 g/mol. The van der Waals surface area contributed by atoms with Crippen molar-refractivity contribution in [1.29, 1.82) is 0 Å². The van der Waals surface area contributed by atoms with E-state index in [2.05, 4.69) is 9.97 Å². The number of sulfonamides is 1. The van der Waals surface area contributed by atoms with Crippen LogP contribution in [0.4, 0.5) is 11.4 Å². The Morgan fingerprint density at radius 3 is 2.67 bits per heavy atom. The van der Waals surface area contributed by atoms with Crippen LogP contribution in [0.3, 0.4) is 0 Å². The molecule has 0 bridgehead atoms. The first kappa shape index (κ1) is 20.0. The largest absolute Gasteiger partial charge is 0.371 e. The zero-order valence-corrected chi connectivity index (χ0v) is 16.9. The number of aromatic nitrogens is 2. The second-order valence-corrected chi connectivity index (χ2v) is 8.88. The number of H-pyrrole nitrogens is 1. The Morgan fingerprint density at radius 1 is 1.20 bits per heavy atom. The molecule has 1 saturated heterocycles. The number of non-ortho nitro benzene ring substituents is 1. The van der Waals surface area contributed by atoms with Crippen LogP contribution in [0.5, 0.6) is 0 Å². The smallest absolute Gasteiger partial charge is 0.272 e. The lowest BCUT2D eigenvalue weighted by Crippen LogP contribution is -2.35. The van der Waals surface area contributed by atoms with Crippen molar-refractivity contribution >= 4 is 21.4 Å². The van der Waals surface area contributed by atoms with Crippen LogP contribution in [0.2, 0.25) is 0 Å². The lowest BCUT2D eigenvalue weighted by atomic mass is 9.97. The maximum atomic E-state index is 11.8. The van der Waals surface area contributed by atoms with Gasteiger partial charge in [0.1, 0.15) is 5.82 Å². The zero-order chi connectivity index (χ0) is 21.3. The van der Waals surface area contributed by atoms with Gasteiger partial charge < -0.3 is 9.88 Å². The first-order chi connectivity index (χ1) is 14.3. The minimum atomic E-state index is -4.06. The van der Waals surface area contributed by atoms with Crippen LogP contribution >= 0.6 is 0 Å². The van der Waals surface area contributed by atoms with Crippen LogP contribution in [-0.4, -0.2) is 36.4 Å². The van der Waals surface area contributed by atoms with Gasteiger partial charge in [0.25, 0.3) is 5.69 Å². The summed E-state index contributed by atoms with van der Waals surface area (Å²) >= 11 is 0. The minimum Gasteiger partial charge on any atom is -0.371 e. The van der Waals surface area contributed by atoms with E-state index in [1.807, 2.05) is 35.2 Å². The summed E-state index contributed by atoms with van der Waals surface area (Å²) in [7, 11) is -4.06. The molecule has 0 radical (unpaired) electrons. The van der Waals surface area contributed by atoms with E-state index in [9.17, 15) is 18.5 Å². The monoisotopic (exact) mass is 427 g/mol. The van der Waals surface area contributed by atoms with Crippen molar-refractivity contribution in [3.05, 3.63) is 70.7 Å². The first-order valence-electron chi connectivity index (χ1n) is 9.49. The summed E-state index contributed by atoms with van der Waals surface area (Å²) in [5, 5.41) is 16.5. The average molecular weight is 427 g/mol. The highest BCUT2D eigenvalue weighted by molar-refractivity contribution is 7.89. The van der Waals surface area contributed by atoms with Crippen molar-refractivity contribution in [2.24, 2.45) is 5.14 Å². The highest BCUT2D eigenvalue weighted by Crippen LogP contribution is 2.33. The number of imidazole rings is 1. The van der Waals surface area contributed by atoms with Crippen molar-refractivity contribution < 1.29 is 13.3 Å². The Kier molecular flexibility index (Phi) is 5.27. The number of rotatable bonds is 5. The molecule has 0 aliphatic carbocycles. The number of nitrogens with one attached hydrogen (secondary N) is 1. The number of benzene rings is 2. The van der Waals surface area contributed by atoms with Crippen LogP contribution in [0.15, 0.2) is 59.6 Å². The molecule has 0 spiro atoms. The highest BCUT2D eigenvalue weighted by atomic mass is 32.2. The molecule has 9 nitrogen and oxygen atoms in total. The number of hydrogen-bond acceptors (Lipinski definition) is 6. The van der Waals surface area contributed by atoms with Crippen molar-refractivity contribution in [3.63, 3.8) is 0 Å². The lowest BCUT2D eigenvalue weighted by Gasteiger charge is -2.33. The molecule has 1 unspecified atom stereocenters. The van der Waals surface area contributed by atoms with E-state index in [1.165, 1.54) is 12.1 Å². The predicted molar refractivity (Wildman–Crippen MR) is 113 cm³/mol. The summed E-state index contributed by atoms with van der Waals surface area (Å²) in [5.41, 5.74) is 2.13. The second kappa shape index (κ2) is 7.88. The Morgan fingerprint density at radius 2 is 1.97 bits per heavy atom. The number of primary sulfonamides is 1. The fourth-order valence-electron chi connectivity index (χ4n) is 3.76. The van der Waals surface area contributed by atoms with Crippen molar-refractivity contribution in [2.45, 2.75) is 23.7 Å². The molecule has 1 fully saturated rings. The standard InChI is InChI=1S/C20H21N5O4S/c21-30(28,29)18-10-16(9-17(11-18)25(26)27)24-8-4-7-15(13-24)20-22-12-19(23-20)14-5-2-1-3-6-14/h1-3,5-6,9-12,15H,4,7-8,13H2,(H,22,23)(H2,21,28,29). The average Bonchev–Trinajstić information content (AvgIpc) is 3.24. The Balaban J connectivity index is 1.61. The summed E-state index contributed by atoms with van der Waals surface area (Å²) in [4.78, 5) is 20.3. The molecule has 0 amide bonds. The topological polar surface area (TPSA) is 135 Å².